The van der Waals surface area contributed by atoms with Crippen molar-refractivity contribution in [2.45, 2.75) is 43.9 Å². The van der Waals surface area contributed by atoms with E-state index in [9.17, 15) is 5.11 Å². The molecule has 28 heavy (non-hydrogen) atoms. The standard InChI is InChI=1S/C21H23N5O2/c1-26-15-3-4-16(26)10-17(9-15)28-21-7-6-19(24-25-21)18-5-2-13(8-20(18)27)14-11-22-23-12-14/h2,5-8,11-12,15-17,27H,3-4,9-10H2,1H3,(H,22,23). The highest BCUT2D eigenvalue weighted by molar-refractivity contribution is 5.73. The summed E-state index contributed by atoms with van der Waals surface area (Å²) in [6.45, 7) is 0. The van der Waals surface area contributed by atoms with Crippen LogP contribution < -0.4 is 4.74 Å². The van der Waals surface area contributed by atoms with E-state index in [4.69, 9.17) is 4.74 Å². The number of piperidine rings is 1. The smallest absolute Gasteiger partial charge is 0.233 e. The topological polar surface area (TPSA) is 87.2 Å². The summed E-state index contributed by atoms with van der Waals surface area (Å²) in [4.78, 5) is 2.49. The Balaban J connectivity index is 1.30. The van der Waals surface area contributed by atoms with Gasteiger partial charge in [-0.05, 0) is 56.5 Å². The first-order valence-corrected chi connectivity index (χ1v) is 9.72. The highest BCUT2D eigenvalue weighted by atomic mass is 16.5. The van der Waals surface area contributed by atoms with E-state index < -0.39 is 0 Å². The van der Waals surface area contributed by atoms with E-state index in [-0.39, 0.29) is 11.9 Å². The van der Waals surface area contributed by atoms with Gasteiger partial charge in [0, 0.05) is 35.5 Å². The SMILES string of the molecule is CN1C2CCC1CC(Oc1ccc(-c3ccc(-c4cn[nH]c4)cc3O)nn1)C2. The molecule has 0 spiro atoms. The molecule has 2 bridgehead atoms. The number of phenols is 1. The molecule has 144 valence electrons. The van der Waals surface area contributed by atoms with E-state index in [1.54, 1.807) is 18.5 Å². The zero-order valence-corrected chi connectivity index (χ0v) is 15.7. The second kappa shape index (κ2) is 6.91. The first kappa shape index (κ1) is 17.2. The van der Waals surface area contributed by atoms with E-state index in [1.807, 2.05) is 24.3 Å². The van der Waals surface area contributed by atoms with Crippen LogP contribution in [-0.2, 0) is 0 Å². The zero-order chi connectivity index (χ0) is 19.1. The van der Waals surface area contributed by atoms with Crippen molar-refractivity contribution >= 4 is 0 Å². The Hall–Kier alpha value is -2.93. The fourth-order valence-electron chi connectivity index (χ4n) is 4.49. The van der Waals surface area contributed by atoms with Crippen LogP contribution in [0.2, 0.25) is 0 Å². The Morgan fingerprint density at radius 2 is 1.89 bits per heavy atom. The zero-order valence-electron chi connectivity index (χ0n) is 15.7. The molecule has 4 heterocycles. The molecule has 2 saturated heterocycles. The maximum absolute atomic E-state index is 10.4. The molecule has 5 rings (SSSR count). The number of ether oxygens (including phenoxy) is 1. The molecule has 7 nitrogen and oxygen atoms in total. The van der Waals surface area contributed by atoms with Gasteiger partial charge in [0.2, 0.25) is 5.88 Å². The summed E-state index contributed by atoms with van der Waals surface area (Å²) >= 11 is 0. The Kier molecular flexibility index (Phi) is 4.24. The minimum atomic E-state index is 0.161. The number of H-pyrrole nitrogens is 1. The molecule has 2 unspecified atom stereocenters. The lowest BCUT2D eigenvalue weighted by Gasteiger charge is -2.35. The van der Waals surface area contributed by atoms with Crippen LogP contribution in [-0.4, -0.2) is 55.6 Å². The molecule has 2 fully saturated rings. The number of hydrogen-bond acceptors (Lipinski definition) is 6. The van der Waals surface area contributed by atoms with E-state index in [0.29, 0.717) is 29.2 Å². The minimum Gasteiger partial charge on any atom is -0.507 e. The van der Waals surface area contributed by atoms with Crippen LogP contribution in [0, 0.1) is 0 Å². The third-order valence-electron chi connectivity index (χ3n) is 6.09. The predicted molar refractivity (Wildman–Crippen MR) is 105 cm³/mol. The molecule has 0 amide bonds. The second-order valence-electron chi connectivity index (χ2n) is 7.74. The van der Waals surface area contributed by atoms with Crippen molar-refractivity contribution in [3.8, 4) is 34.0 Å². The molecule has 2 aliphatic rings. The van der Waals surface area contributed by atoms with Gasteiger partial charge >= 0.3 is 0 Å². The molecule has 3 aromatic rings. The van der Waals surface area contributed by atoms with Crippen LogP contribution in [0.15, 0.2) is 42.7 Å². The number of nitrogens with zero attached hydrogens (tertiary/aromatic N) is 4. The quantitative estimate of drug-likeness (QED) is 0.726. The fourth-order valence-corrected chi connectivity index (χ4v) is 4.49. The normalized spacial score (nSPS) is 24.4. The molecule has 2 aliphatic heterocycles. The summed E-state index contributed by atoms with van der Waals surface area (Å²) in [5.74, 6) is 0.709. The van der Waals surface area contributed by atoms with E-state index in [2.05, 4.69) is 32.3 Å². The molecule has 2 N–H and O–H groups in total. The number of rotatable bonds is 4. The number of aromatic amines is 1. The first-order chi connectivity index (χ1) is 13.7. The number of nitrogens with one attached hydrogen (secondary N) is 1. The number of aromatic nitrogens is 4. The summed E-state index contributed by atoms with van der Waals surface area (Å²) < 4.78 is 6.10. The molecule has 0 aliphatic carbocycles. The third kappa shape index (κ3) is 3.11. The Labute approximate surface area is 163 Å². The van der Waals surface area contributed by atoms with Crippen molar-refractivity contribution in [3.05, 3.63) is 42.7 Å². The van der Waals surface area contributed by atoms with Crippen LogP contribution in [0.5, 0.6) is 11.6 Å². The summed E-state index contributed by atoms with van der Waals surface area (Å²) in [5.41, 5.74) is 3.07. The van der Waals surface area contributed by atoms with Gasteiger partial charge in [0.15, 0.2) is 0 Å². The second-order valence-corrected chi connectivity index (χ2v) is 7.74. The molecule has 1 aromatic carbocycles. The van der Waals surface area contributed by atoms with Gasteiger partial charge in [-0.3, -0.25) is 5.10 Å². The number of phenolic OH excluding ortho intramolecular Hbond substituents is 1. The van der Waals surface area contributed by atoms with Gasteiger partial charge in [0.25, 0.3) is 0 Å². The minimum absolute atomic E-state index is 0.161. The number of benzene rings is 1. The summed E-state index contributed by atoms with van der Waals surface area (Å²) in [5, 5.41) is 25.7. The first-order valence-electron chi connectivity index (χ1n) is 9.72. The molecule has 0 saturated carbocycles. The average molecular weight is 377 g/mol. The monoisotopic (exact) mass is 377 g/mol. The number of fused-ring (bicyclic) bond motifs is 2. The highest BCUT2D eigenvalue weighted by Crippen LogP contribution is 2.36. The van der Waals surface area contributed by atoms with Gasteiger partial charge in [0.05, 0.1) is 11.9 Å². The number of aromatic hydroxyl groups is 1. The van der Waals surface area contributed by atoms with E-state index in [0.717, 1.165) is 24.0 Å². The summed E-state index contributed by atoms with van der Waals surface area (Å²) in [7, 11) is 2.22. The third-order valence-corrected chi connectivity index (χ3v) is 6.09. The lowest BCUT2D eigenvalue weighted by atomic mass is 10.0. The van der Waals surface area contributed by atoms with E-state index in [1.165, 1.54) is 12.8 Å². The number of hydrogen-bond donors (Lipinski definition) is 2. The summed E-state index contributed by atoms with van der Waals surface area (Å²) in [6.07, 6.45) is 8.33. The predicted octanol–water partition coefficient (Wildman–Crippen LogP) is 3.24. The van der Waals surface area contributed by atoms with Gasteiger partial charge < -0.3 is 14.7 Å². The Morgan fingerprint density at radius 3 is 2.54 bits per heavy atom. The van der Waals surface area contributed by atoms with Crippen LogP contribution >= 0.6 is 0 Å². The van der Waals surface area contributed by atoms with Crippen molar-refractivity contribution in [2.75, 3.05) is 7.05 Å². The molecule has 0 radical (unpaired) electrons. The molecule has 2 atom stereocenters. The Bertz CT molecular complexity index is 943. The average Bonchev–Trinajstić information content (AvgIpc) is 3.29. The van der Waals surface area contributed by atoms with Gasteiger partial charge in [-0.2, -0.15) is 5.10 Å². The largest absolute Gasteiger partial charge is 0.507 e. The van der Waals surface area contributed by atoms with E-state index >= 15 is 0 Å². The Morgan fingerprint density at radius 1 is 1.07 bits per heavy atom. The lowest BCUT2D eigenvalue weighted by molar-refractivity contribution is 0.0626. The molecule has 7 heteroatoms. The molecule has 2 aromatic heterocycles. The van der Waals surface area contributed by atoms with Crippen molar-refractivity contribution in [3.63, 3.8) is 0 Å². The van der Waals surface area contributed by atoms with Crippen molar-refractivity contribution in [1.29, 1.82) is 0 Å². The van der Waals surface area contributed by atoms with Gasteiger partial charge in [0.1, 0.15) is 11.9 Å². The van der Waals surface area contributed by atoms with Gasteiger partial charge in [-0.15, -0.1) is 10.2 Å². The van der Waals surface area contributed by atoms with Gasteiger partial charge in [-0.1, -0.05) is 6.07 Å². The van der Waals surface area contributed by atoms with Crippen LogP contribution in [0.25, 0.3) is 22.4 Å². The molecular formula is C21H23N5O2. The maximum atomic E-state index is 10.4. The lowest BCUT2D eigenvalue weighted by Crippen LogP contribution is -2.43. The van der Waals surface area contributed by atoms with Crippen molar-refractivity contribution in [2.24, 2.45) is 0 Å². The van der Waals surface area contributed by atoms with Gasteiger partial charge in [-0.25, -0.2) is 0 Å². The van der Waals surface area contributed by atoms with Crippen LogP contribution in [0.1, 0.15) is 25.7 Å². The fraction of sp³-hybridized carbons (Fsp3) is 0.381. The molecular weight excluding hydrogens is 354 g/mol. The van der Waals surface area contributed by atoms with Crippen LogP contribution in [0.3, 0.4) is 0 Å². The highest BCUT2D eigenvalue weighted by Gasteiger charge is 2.39. The summed E-state index contributed by atoms with van der Waals surface area (Å²) in [6, 6.07) is 10.4. The van der Waals surface area contributed by atoms with Crippen molar-refractivity contribution < 1.29 is 9.84 Å². The van der Waals surface area contributed by atoms with Crippen LogP contribution in [0.4, 0.5) is 0 Å². The van der Waals surface area contributed by atoms with Crippen molar-refractivity contribution in [1.82, 2.24) is 25.3 Å². The maximum Gasteiger partial charge on any atom is 0.233 e.